The number of halogens is 3. The quantitative estimate of drug-likeness (QED) is 0.217. The molecule has 0 saturated carbocycles. The van der Waals surface area contributed by atoms with Crippen LogP contribution in [0.25, 0.3) is 10.2 Å². The van der Waals surface area contributed by atoms with Gasteiger partial charge >= 0.3 is 12.1 Å². The van der Waals surface area contributed by atoms with E-state index < -0.39 is 45.7 Å². The number of thiazole rings is 1. The Hall–Kier alpha value is -4.09. The molecule has 4 aromatic rings. The molecule has 44 heavy (non-hydrogen) atoms. The molecule has 0 fully saturated rings. The van der Waals surface area contributed by atoms with Crippen molar-refractivity contribution < 1.29 is 40.7 Å². The molecule has 2 aromatic carbocycles. The minimum atomic E-state index is -4.49. The fraction of sp³-hybridized carbons (Fsp3) is 0.370. The van der Waals surface area contributed by atoms with Gasteiger partial charge < -0.3 is 14.8 Å². The van der Waals surface area contributed by atoms with Crippen molar-refractivity contribution in [3.05, 3.63) is 65.5 Å². The maximum atomic E-state index is 13.4. The summed E-state index contributed by atoms with van der Waals surface area (Å²) in [5, 5.41) is 16.2. The summed E-state index contributed by atoms with van der Waals surface area (Å²) < 4.78 is 74.3. The number of esters is 1. The molecule has 0 saturated heterocycles. The highest BCUT2D eigenvalue weighted by Crippen LogP contribution is 2.30. The van der Waals surface area contributed by atoms with Crippen LogP contribution in [0.5, 0.6) is 5.75 Å². The number of hydrogen-bond donors (Lipinski definition) is 2. The molecule has 2 heterocycles. The predicted octanol–water partition coefficient (Wildman–Crippen LogP) is 3.62. The monoisotopic (exact) mass is 654 g/mol. The second kappa shape index (κ2) is 13.3. The van der Waals surface area contributed by atoms with Gasteiger partial charge in [-0.25, -0.2) is 23.2 Å². The summed E-state index contributed by atoms with van der Waals surface area (Å²) in [6.45, 7) is 3.58. The van der Waals surface area contributed by atoms with Crippen molar-refractivity contribution >= 4 is 43.5 Å². The number of nitrogens with zero attached hydrogens (tertiary/aromatic N) is 4. The van der Waals surface area contributed by atoms with E-state index in [1.165, 1.54) is 23.9 Å². The molecule has 1 unspecified atom stereocenters. The molecule has 3 N–H and O–H groups in total. The highest BCUT2D eigenvalue weighted by atomic mass is 32.2. The summed E-state index contributed by atoms with van der Waals surface area (Å²) in [6, 6.07) is 7.71. The number of nitrogens with one attached hydrogen (secondary N) is 1. The van der Waals surface area contributed by atoms with Crippen LogP contribution in [-0.4, -0.2) is 53.4 Å². The smallest absolute Gasteiger partial charge is 0.416 e. The van der Waals surface area contributed by atoms with Gasteiger partial charge in [-0.15, -0.1) is 16.4 Å². The van der Waals surface area contributed by atoms with Crippen molar-refractivity contribution in [2.75, 3.05) is 7.11 Å². The lowest BCUT2D eigenvalue weighted by Crippen LogP contribution is -2.43. The number of sulfonamides is 1. The number of fused-ring (bicyclic) bond motifs is 1. The van der Waals surface area contributed by atoms with Gasteiger partial charge in [-0.2, -0.15) is 13.2 Å². The molecule has 12 nitrogen and oxygen atoms in total. The summed E-state index contributed by atoms with van der Waals surface area (Å²) in [4.78, 5) is 29.5. The van der Waals surface area contributed by atoms with E-state index in [0.717, 1.165) is 23.5 Å². The number of alkyl halides is 3. The largest absolute Gasteiger partial charge is 0.487 e. The number of hydrogen-bond acceptors (Lipinski definition) is 10. The van der Waals surface area contributed by atoms with E-state index in [0.29, 0.717) is 27.2 Å². The lowest BCUT2D eigenvalue weighted by Gasteiger charge is -2.24. The lowest BCUT2D eigenvalue weighted by molar-refractivity contribution is -0.141. The Morgan fingerprint density at radius 3 is 2.45 bits per heavy atom. The fourth-order valence-corrected chi connectivity index (χ4v) is 6.04. The van der Waals surface area contributed by atoms with Gasteiger partial charge in [0.1, 0.15) is 24.1 Å². The van der Waals surface area contributed by atoms with Crippen LogP contribution in [0.4, 0.5) is 13.2 Å². The van der Waals surface area contributed by atoms with Gasteiger partial charge in [0.25, 0.3) is 10.0 Å². The molecule has 0 bridgehead atoms. The molecular weight excluding hydrogens is 625 g/mol. The number of nitrogens with two attached hydrogens (primary N) is 1. The van der Waals surface area contributed by atoms with Gasteiger partial charge in [0, 0.05) is 6.04 Å². The Kier molecular flexibility index (Phi) is 9.90. The lowest BCUT2D eigenvalue weighted by atomic mass is 9.99. The van der Waals surface area contributed by atoms with Crippen LogP contribution in [0.2, 0.25) is 0 Å². The van der Waals surface area contributed by atoms with Crippen molar-refractivity contribution in [3.63, 3.8) is 0 Å². The molecular formula is C27H29F3N6O6S2. The number of methoxy groups -OCH3 is 1. The summed E-state index contributed by atoms with van der Waals surface area (Å²) in [6.07, 6.45) is -3.06. The van der Waals surface area contributed by atoms with Crippen molar-refractivity contribution in [1.82, 2.24) is 25.3 Å². The third-order valence-electron chi connectivity index (χ3n) is 6.46. The topological polar surface area (TPSA) is 168 Å². The molecule has 17 heteroatoms. The Bertz CT molecular complexity index is 1740. The number of carbonyl (C=O) groups excluding carboxylic acids is 2. The Morgan fingerprint density at radius 2 is 1.84 bits per heavy atom. The van der Waals surface area contributed by atoms with Gasteiger partial charge in [-0.3, -0.25) is 9.59 Å². The van der Waals surface area contributed by atoms with E-state index in [1.807, 2.05) is 0 Å². The number of amides is 1. The van der Waals surface area contributed by atoms with Gasteiger partial charge in [0.2, 0.25) is 10.2 Å². The number of carbonyl (C=O) groups is 2. The molecule has 0 spiro atoms. The molecule has 236 valence electrons. The average molecular weight is 655 g/mol. The number of ether oxygens (including phenoxy) is 2. The first kappa shape index (κ1) is 32.8. The van der Waals surface area contributed by atoms with Crippen molar-refractivity contribution in [2.24, 2.45) is 11.1 Å². The van der Waals surface area contributed by atoms with E-state index in [4.69, 9.17) is 14.6 Å². The maximum Gasteiger partial charge on any atom is 0.416 e. The van der Waals surface area contributed by atoms with E-state index >= 15 is 0 Å². The molecule has 1 amide bonds. The Labute approximate surface area is 254 Å². The normalized spacial score (nSPS) is 13.5. The second-order valence-electron chi connectivity index (χ2n) is 10.2. The molecule has 0 aliphatic heterocycles. The minimum absolute atomic E-state index is 0.0162. The van der Waals surface area contributed by atoms with Crippen LogP contribution >= 0.6 is 11.3 Å². The Balaban J connectivity index is 1.45. The molecule has 0 aliphatic carbocycles. The minimum Gasteiger partial charge on any atom is -0.487 e. The molecule has 0 radical (unpaired) electrons. The van der Waals surface area contributed by atoms with E-state index in [-0.39, 0.29) is 29.7 Å². The summed E-state index contributed by atoms with van der Waals surface area (Å²) in [5.41, 5.74) is 0.535. The van der Waals surface area contributed by atoms with Gasteiger partial charge in [0.15, 0.2) is 0 Å². The van der Waals surface area contributed by atoms with Gasteiger partial charge in [-0.1, -0.05) is 31.2 Å². The van der Waals surface area contributed by atoms with Crippen LogP contribution < -0.4 is 15.2 Å². The van der Waals surface area contributed by atoms with Crippen LogP contribution in [0.3, 0.4) is 0 Å². The predicted molar refractivity (Wildman–Crippen MR) is 153 cm³/mol. The SMILES string of the molecule is COC(=O)C[C@H](Cc1ccc(C(F)(F)F)cc1)NC(=O)C(C(C)C)n1cc(COc2ccc3nc(S(N)(=O)=O)sc3c2)nn1. The molecule has 2 aromatic heterocycles. The zero-order valence-corrected chi connectivity index (χ0v) is 25.4. The molecule has 2 atom stereocenters. The summed E-state index contributed by atoms with van der Waals surface area (Å²) >= 11 is 0.911. The van der Waals surface area contributed by atoms with Crippen molar-refractivity contribution in [2.45, 2.75) is 55.9 Å². The van der Waals surface area contributed by atoms with Crippen molar-refractivity contribution in [3.8, 4) is 5.75 Å². The number of rotatable bonds is 12. The maximum absolute atomic E-state index is 13.4. The number of primary sulfonamides is 1. The fourth-order valence-electron chi connectivity index (χ4n) is 4.36. The van der Waals surface area contributed by atoms with E-state index in [9.17, 15) is 31.2 Å². The average Bonchev–Trinajstić information content (AvgIpc) is 3.58. The standard InChI is InChI=1S/C27H29F3N6O6S2/c1-15(2)24(25(38)32-18(11-23(37)41-3)10-16-4-6-17(7-5-16)27(28,29)30)36-13-19(34-35-36)14-42-20-8-9-21-22(12-20)43-26(33-21)44(31,39)40/h4-9,12-13,15,18,24H,10-11,14H2,1-3H3,(H,32,38)(H2,31,39,40)/t18-,24?/m0/s1. The van der Waals surface area contributed by atoms with Crippen LogP contribution in [0.1, 0.15) is 43.1 Å². The summed E-state index contributed by atoms with van der Waals surface area (Å²) in [5.74, 6) is -0.916. The zero-order valence-electron chi connectivity index (χ0n) is 23.7. The third-order valence-corrected chi connectivity index (χ3v) is 8.80. The molecule has 4 rings (SSSR count). The number of benzene rings is 2. The van der Waals surface area contributed by atoms with E-state index in [1.54, 1.807) is 38.2 Å². The van der Waals surface area contributed by atoms with Crippen LogP contribution in [0, 0.1) is 5.92 Å². The third kappa shape index (κ3) is 8.29. The zero-order chi connectivity index (χ0) is 32.2. The van der Waals surface area contributed by atoms with Crippen LogP contribution in [-0.2, 0) is 43.6 Å². The highest BCUT2D eigenvalue weighted by Gasteiger charge is 2.31. The van der Waals surface area contributed by atoms with Gasteiger partial charge in [0.05, 0.1) is 35.5 Å². The van der Waals surface area contributed by atoms with Gasteiger partial charge in [-0.05, 0) is 48.2 Å². The first-order valence-corrected chi connectivity index (χ1v) is 15.5. The number of aromatic nitrogens is 4. The second-order valence-corrected chi connectivity index (χ2v) is 13.0. The summed E-state index contributed by atoms with van der Waals surface area (Å²) in [7, 11) is -2.74. The first-order chi connectivity index (χ1) is 20.6. The highest BCUT2D eigenvalue weighted by molar-refractivity contribution is 7.91. The molecule has 0 aliphatic rings. The van der Waals surface area contributed by atoms with Crippen molar-refractivity contribution in [1.29, 1.82) is 0 Å². The first-order valence-electron chi connectivity index (χ1n) is 13.1. The Morgan fingerprint density at radius 1 is 1.14 bits per heavy atom. The van der Waals surface area contributed by atoms with E-state index in [2.05, 4.69) is 20.6 Å². The van der Waals surface area contributed by atoms with Crippen LogP contribution in [0.15, 0.2) is 53.0 Å².